The van der Waals surface area contributed by atoms with E-state index in [-0.39, 0.29) is 12.4 Å². The molecular formula is C13H18O4S. The molecule has 0 unspecified atom stereocenters. The van der Waals surface area contributed by atoms with Crippen molar-refractivity contribution < 1.29 is 17.4 Å². The summed E-state index contributed by atoms with van der Waals surface area (Å²) in [6.07, 6.45) is 2.57. The van der Waals surface area contributed by atoms with Gasteiger partial charge in [0.1, 0.15) is 5.78 Å². The summed E-state index contributed by atoms with van der Waals surface area (Å²) in [4.78, 5) is 11.3. The van der Waals surface area contributed by atoms with Crippen molar-refractivity contribution in [2.45, 2.75) is 26.2 Å². The van der Waals surface area contributed by atoms with Gasteiger partial charge in [0.05, 0.1) is 12.9 Å². The Morgan fingerprint density at radius 3 is 2.22 bits per heavy atom. The fourth-order valence-electron chi connectivity index (χ4n) is 1.49. The average Bonchev–Trinajstić information content (AvgIpc) is 2.29. The van der Waals surface area contributed by atoms with E-state index in [1.54, 1.807) is 0 Å². The Hall–Kier alpha value is -1.20. The van der Waals surface area contributed by atoms with Crippen molar-refractivity contribution in [1.29, 1.82) is 0 Å². The van der Waals surface area contributed by atoms with Crippen molar-refractivity contribution in [1.82, 2.24) is 0 Å². The van der Waals surface area contributed by atoms with Crippen LogP contribution in [0.2, 0.25) is 0 Å². The Morgan fingerprint density at radius 2 is 1.72 bits per heavy atom. The third kappa shape index (κ3) is 5.93. The Kier molecular flexibility index (Phi) is 5.50. The predicted octanol–water partition coefficient (Wildman–Crippen LogP) is 1.73. The lowest BCUT2D eigenvalue weighted by atomic mass is 10.0. The molecule has 0 N–H and O–H groups in total. The van der Waals surface area contributed by atoms with Gasteiger partial charge >= 0.3 is 0 Å². The molecule has 0 saturated carbocycles. The van der Waals surface area contributed by atoms with Crippen molar-refractivity contribution >= 4 is 15.9 Å². The van der Waals surface area contributed by atoms with Crippen LogP contribution in [0.4, 0.5) is 0 Å². The number of benzene rings is 1. The Morgan fingerprint density at radius 1 is 1.17 bits per heavy atom. The minimum Gasteiger partial charge on any atom is -0.299 e. The van der Waals surface area contributed by atoms with E-state index in [0.717, 1.165) is 17.4 Å². The molecule has 0 aromatic heterocycles. The number of Topliss-reactive ketones (excluding diaryl/α,β-unsaturated/α-hetero) is 1. The van der Waals surface area contributed by atoms with Crippen LogP contribution in [0.5, 0.6) is 0 Å². The minimum absolute atomic E-state index is 0.145. The van der Waals surface area contributed by atoms with E-state index in [9.17, 15) is 13.2 Å². The molecule has 0 aliphatic heterocycles. The van der Waals surface area contributed by atoms with Crippen LogP contribution in [0.25, 0.3) is 0 Å². The average molecular weight is 270 g/mol. The molecule has 5 heteroatoms. The summed E-state index contributed by atoms with van der Waals surface area (Å²) in [6, 6.07) is 7.57. The summed E-state index contributed by atoms with van der Waals surface area (Å²) in [6.45, 7) is 1.99. The number of ketones is 1. The quantitative estimate of drug-likeness (QED) is 0.708. The first-order valence-electron chi connectivity index (χ1n) is 5.84. The number of carbonyl (C=O) groups is 1. The lowest BCUT2D eigenvalue weighted by Gasteiger charge is -2.04. The molecule has 0 spiro atoms. The molecule has 100 valence electrons. The standard InChI is InChI=1S/C13H18O4S/c1-3-13(14)10-12-6-4-11(5-7-12)8-9-17-18(2,15)16/h4-7H,3,8-10H2,1-2H3. The van der Waals surface area contributed by atoms with Crippen LogP contribution in [-0.4, -0.2) is 27.1 Å². The maximum atomic E-state index is 11.3. The molecule has 4 nitrogen and oxygen atoms in total. The third-order valence-corrected chi connectivity index (χ3v) is 3.10. The van der Waals surface area contributed by atoms with Gasteiger partial charge in [-0.05, 0) is 17.5 Å². The first-order valence-corrected chi connectivity index (χ1v) is 7.66. The number of rotatable bonds is 7. The van der Waals surface area contributed by atoms with Gasteiger partial charge in [0.25, 0.3) is 10.1 Å². The van der Waals surface area contributed by atoms with Crippen LogP contribution in [0.3, 0.4) is 0 Å². The molecule has 1 rings (SSSR count). The van der Waals surface area contributed by atoms with E-state index in [2.05, 4.69) is 4.18 Å². The van der Waals surface area contributed by atoms with E-state index >= 15 is 0 Å². The number of carbonyl (C=O) groups excluding carboxylic acids is 1. The monoisotopic (exact) mass is 270 g/mol. The number of hydrogen-bond donors (Lipinski definition) is 0. The molecule has 0 atom stereocenters. The largest absolute Gasteiger partial charge is 0.299 e. The highest BCUT2D eigenvalue weighted by Gasteiger charge is 2.03. The second-order valence-electron chi connectivity index (χ2n) is 4.16. The van der Waals surface area contributed by atoms with E-state index < -0.39 is 10.1 Å². The first kappa shape index (κ1) is 14.9. The van der Waals surface area contributed by atoms with Crippen LogP contribution >= 0.6 is 0 Å². The summed E-state index contributed by atoms with van der Waals surface area (Å²) < 4.78 is 26.2. The molecule has 0 saturated heterocycles. The molecule has 0 amide bonds. The smallest absolute Gasteiger partial charge is 0.264 e. The van der Waals surface area contributed by atoms with E-state index in [4.69, 9.17) is 0 Å². The van der Waals surface area contributed by atoms with Crippen LogP contribution in [0, 0.1) is 0 Å². The van der Waals surface area contributed by atoms with Crippen LogP contribution < -0.4 is 0 Å². The van der Waals surface area contributed by atoms with Gasteiger partial charge in [-0.3, -0.25) is 8.98 Å². The highest BCUT2D eigenvalue weighted by molar-refractivity contribution is 7.85. The summed E-state index contributed by atoms with van der Waals surface area (Å²) in [5, 5.41) is 0. The molecule has 1 aromatic carbocycles. The maximum Gasteiger partial charge on any atom is 0.264 e. The summed E-state index contributed by atoms with van der Waals surface area (Å²) in [5.74, 6) is 0.211. The van der Waals surface area contributed by atoms with Gasteiger partial charge in [-0.1, -0.05) is 31.2 Å². The summed E-state index contributed by atoms with van der Waals surface area (Å²) in [7, 11) is -3.37. The fraction of sp³-hybridized carbons (Fsp3) is 0.462. The van der Waals surface area contributed by atoms with E-state index in [1.165, 1.54) is 0 Å². The zero-order chi connectivity index (χ0) is 13.6. The highest BCUT2D eigenvalue weighted by Crippen LogP contribution is 2.07. The van der Waals surface area contributed by atoms with Crippen LogP contribution in [0.15, 0.2) is 24.3 Å². The lowest BCUT2D eigenvalue weighted by Crippen LogP contribution is -2.06. The molecule has 0 bridgehead atoms. The Balaban J connectivity index is 2.48. The van der Waals surface area contributed by atoms with Crippen molar-refractivity contribution in [3.05, 3.63) is 35.4 Å². The molecule has 18 heavy (non-hydrogen) atoms. The Bertz CT molecular complexity index is 488. The molecule has 0 aliphatic rings. The summed E-state index contributed by atoms with van der Waals surface area (Å²) in [5.41, 5.74) is 1.97. The van der Waals surface area contributed by atoms with Crippen molar-refractivity contribution in [3.63, 3.8) is 0 Å². The zero-order valence-electron chi connectivity index (χ0n) is 10.7. The van der Waals surface area contributed by atoms with Crippen LogP contribution in [-0.2, 0) is 31.9 Å². The van der Waals surface area contributed by atoms with Gasteiger partial charge in [0.15, 0.2) is 0 Å². The third-order valence-electron chi connectivity index (χ3n) is 2.51. The van der Waals surface area contributed by atoms with Gasteiger partial charge in [-0.2, -0.15) is 8.42 Å². The van der Waals surface area contributed by atoms with Crippen LogP contribution in [0.1, 0.15) is 24.5 Å². The topological polar surface area (TPSA) is 60.4 Å². The van der Waals surface area contributed by atoms with Crippen molar-refractivity contribution in [2.75, 3.05) is 12.9 Å². The highest BCUT2D eigenvalue weighted by atomic mass is 32.2. The first-order chi connectivity index (χ1) is 8.40. The molecule has 1 aromatic rings. The molecule has 0 fully saturated rings. The van der Waals surface area contributed by atoms with Crippen molar-refractivity contribution in [3.8, 4) is 0 Å². The normalized spacial score (nSPS) is 11.4. The second kappa shape index (κ2) is 6.66. The van der Waals surface area contributed by atoms with Gasteiger partial charge < -0.3 is 0 Å². The Labute approximate surface area is 108 Å². The number of hydrogen-bond acceptors (Lipinski definition) is 4. The van der Waals surface area contributed by atoms with Gasteiger partial charge in [-0.15, -0.1) is 0 Å². The molecule has 0 aliphatic carbocycles. The summed E-state index contributed by atoms with van der Waals surface area (Å²) >= 11 is 0. The van der Waals surface area contributed by atoms with E-state index in [1.807, 2.05) is 31.2 Å². The fourth-order valence-corrected chi connectivity index (χ4v) is 1.87. The lowest BCUT2D eigenvalue weighted by molar-refractivity contribution is -0.118. The second-order valence-corrected chi connectivity index (χ2v) is 5.81. The van der Waals surface area contributed by atoms with Crippen molar-refractivity contribution in [2.24, 2.45) is 0 Å². The SMILES string of the molecule is CCC(=O)Cc1ccc(CCOS(C)(=O)=O)cc1. The molecule has 0 heterocycles. The van der Waals surface area contributed by atoms with Gasteiger partial charge in [0.2, 0.25) is 0 Å². The predicted molar refractivity (Wildman–Crippen MR) is 69.9 cm³/mol. The van der Waals surface area contributed by atoms with Gasteiger partial charge in [0, 0.05) is 12.8 Å². The minimum atomic E-state index is -3.37. The van der Waals surface area contributed by atoms with Gasteiger partial charge in [-0.25, -0.2) is 0 Å². The molecular weight excluding hydrogens is 252 g/mol. The molecule has 0 radical (unpaired) electrons. The zero-order valence-corrected chi connectivity index (χ0v) is 11.5. The maximum absolute atomic E-state index is 11.3. The van der Waals surface area contributed by atoms with E-state index in [0.29, 0.717) is 19.3 Å².